The van der Waals surface area contributed by atoms with Gasteiger partial charge in [0.25, 0.3) is 0 Å². The lowest BCUT2D eigenvalue weighted by atomic mass is 10.2. The van der Waals surface area contributed by atoms with Crippen LogP contribution in [0, 0.1) is 0 Å². The van der Waals surface area contributed by atoms with Crippen LogP contribution >= 0.6 is 11.6 Å². The van der Waals surface area contributed by atoms with Crippen molar-refractivity contribution in [1.82, 2.24) is 10.3 Å². The average Bonchev–Trinajstić information content (AvgIpc) is 2.37. The molecule has 20 heavy (non-hydrogen) atoms. The maximum Gasteiger partial charge on any atom is 0.149 e. The molecule has 1 N–H and O–H groups in total. The third-order valence-corrected chi connectivity index (χ3v) is 4.12. The van der Waals surface area contributed by atoms with Crippen molar-refractivity contribution in [1.29, 1.82) is 0 Å². The first-order valence-electron chi connectivity index (χ1n) is 6.57. The van der Waals surface area contributed by atoms with E-state index in [0.29, 0.717) is 18.1 Å². The van der Waals surface area contributed by atoms with Crippen LogP contribution in [0.25, 0.3) is 0 Å². The maximum atomic E-state index is 11.2. The van der Waals surface area contributed by atoms with Crippen molar-refractivity contribution in [3.63, 3.8) is 0 Å². The number of hydrogen-bond donors (Lipinski definition) is 1. The topological polar surface area (TPSA) is 62.3 Å². The molecule has 7 heteroatoms. The minimum absolute atomic E-state index is 0.108. The molecular weight excluding hydrogens is 298 g/mol. The lowest BCUT2D eigenvalue weighted by Crippen LogP contribution is -2.26. The van der Waals surface area contributed by atoms with Crippen LogP contribution in [0.5, 0.6) is 0 Å². The number of pyridine rings is 1. The molecule has 1 heterocycles. The Balaban J connectivity index is 2.72. The predicted molar refractivity (Wildman–Crippen MR) is 84.2 cm³/mol. The molecule has 0 aliphatic rings. The van der Waals surface area contributed by atoms with E-state index in [9.17, 15) is 8.42 Å². The molecule has 5 nitrogen and oxygen atoms in total. The van der Waals surface area contributed by atoms with Crippen molar-refractivity contribution < 1.29 is 8.42 Å². The lowest BCUT2D eigenvalue weighted by molar-refractivity contribution is 0.601. The fourth-order valence-electron chi connectivity index (χ4n) is 1.63. The first-order chi connectivity index (χ1) is 9.33. The highest BCUT2D eigenvalue weighted by atomic mass is 35.5. The van der Waals surface area contributed by atoms with Gasteiger partial charge in [0.15, 0.2) is 0 Å². The molecular formula is C13H22ClN3O2S. The Kier molecular flexibility index (Phi) is 6.71. The van der Waals surface area contributed by atoms with E-state index in [-0.39, 0.29) is 5.75 Å². The molecule has 0 saturated heterocycles. The van der Waals surface area contributed by atoms with E-state index >= 15 is 0 Å². The van der Waals surface area contributed by atoms with Crippen LogP contribution in [0.3, 0.4) is 0 Å². The zero-order chi connectivity index (χ0) is 15.2. The van der Waals surface area contributed by atoms with E-state index < -0.39 is 9.84 Å². The molecule has 0 atom stereocenters. The smallest absolute Gasteiger partial charge is 0.149 e. The fraction of sp³-hybridized carbons (Fsp3) is 0.615. The lowest BCUT2D eigenvalue weighted by Gasteiger charge is -2.19. The minimum atomic E-state index is -2.97. The fourth-order valence-corrected chi connectivity index (χ4v) is 2.40. The molecule has 0 radical (unpaired) electrons. The molecule has 0 spiro atoms. The standard InChI is InChI=1S/C13H22ClN3O2S/c1-4-5-15-9-11-8-13(16-10-12(11)14)17(2)6-7-20(3,18)19/h8,10,15H,4-7,9H2,1-3H3. The average molecular weight is 320 g/mol. The minimum Gasteiger partial charge on any atom is -0.359 e. The Morgan fingerprint density at radius 1 is 1.45 bits per heavy atom. The zero-order valence-electron chi connectivity index (χ0n) is 12.2. The highest BCUT2D eigenvalue weighted by Gasteiger charge is 2.10. The number of sulfone groups is 1. The van der Waals surface area contributed by atoms with Gasteiger partial charge in [0.1, 0.15) is 15.7 Å². The SMILES string of the molecule is CCCNCc1cc(N(C)CCS(C)(=O)=O)ncc1Cl. The van der Waals surface area contributed by atoms with Crippen molar-refractivity contribution in [3.8, 4) is 0 Å². The molecule has 114 valence electrons. The van der Waals surface area contributed by atoms with Crippen LogP contribution in [0.15, 0.2) is 12.3 Å². The molecule has 1 rings (SSSR count). The van der Waals surface area contributed by atoms with Crippen LogP contribution in [-0.4, -0.2) is 45.5 Å². The van der Waals surface area contributed by atoms with Crippen molar-refractivity contribution >= 4 is 27.3 Å². The second-order valence-corrected chi connectivity index (χ2v) is 7.53. The third-order valence-electron chi connectivity index (χ3n) is 2.85. The van der Waals surface area contributed by atoms with Crippen molar-refractivity contribution in [2.24, 2.45) is 0 Å². The van der Waals surface area contributed by atoms with Gasteiger partial charge in [-0.2, -0.15) is 0 Å². The molecule has 0 unspecified atom stereocenters. The van der Waals surface area contributed by atoms with E-state index in [0.717, 1.165) is 24.3 Å². The van der Waals surface area contributed by atoms with Crippen LogP contribution in [0.4, 0.5) is 5.82 Å². The van der Waals surface area contributed by atoms with Gasteiger partial charge in [-0.15, -0.1) is 0 Å². The number of anilines is 1. The summed E-state index contributed by atoms with van der Waals surface area (Å²) in [4.78, 5) is 6.06. The van der Waals surface area contributed by atoms with Gasteiger partial charge in [0.05, 0.1) is 10.8 Å². The van der Waals surface area contributed by atoms with Gasteiger partial charge in [0.2, 0.25) is 0 Å². The second-order valence-electron chi connectivity index (χ2n) is 4.86. The Hall–Kier alpha value is -0.850. The van der Waals surface area contributed by atoms with Crippen LogP contribution in [0.1, 0.15) is 18.9 Å². The van der Waals surface area contributed by atoms with E-state index in [1.807, 2.05) is 18.0 Å². The van der Waals surface area contributed by atoms with Gasteiger partial charge >= 0.3 is 0 Å². The van der Waals surface area contributed by atoms with E-state index in [4.69, 9.17) is 11.6 Å². The molecule has 0 bridgehead atoms. The van der Waals surface area contributed by atoms with Crippen molar-refractivity contribution in [3.05, 3.63) is 22.8 Å². The summed E-state index contributed by atoms with van der Waals surface area (Å²) in [6.07, 6.45) is 3.90. The maximum absolute atomic E-state index is 11.2. The van der Waals surface area contributed by atoms with Crippen molar-refractivity contribution in [2.45, 2.75) is 19.9 Å². The van der Waals surface area contributed by atoms with Gasteiger partial charge in [-0.25, -0.2) is 13.4 Å². The number of rotatable bonds is 8. The second kappa shape index (κ2) is 7.81. The van der Waals surface area contributed by atoms with Crippen LogP contribution < -0.4 is 10.2 Å². The summed E-state index contributed by atoms with van der Waals surface area (Å²) in [5.41, 5.74) is 0.969. The Morgan fingerprint density at radius 2 is 2.15 bits per heavy atom. The summed E-state index contributed by atoms with van der Waals surface area (Å²) in [7, 11) is -1.15. The quantitative estimate of drug-likeness (QED) is 0.739. The summed E-state index contributed by atoms with van der Waals surface area (Å²) in [5.74, 6) is 0.836. The summed E-state index contributed by atoms with van der Waals surface area (Å²) >= 11 is 6.11. The highest BCUT2D eigenvalue weighted by Crippen LogP contribution is 2.19. The molecule has 0 saturated carbocycles. The molecule has 0 amide bonds. The van der Waals surface area contributed by atoms with Gasteiger partial charge in [0, 0.05) is 32.6 Å². The predicted octanol–water partition coefficient (Wildman–Crippen LogP) is 1.72. The highest BCUT2D eigenvalue weighted by molar-refractivity contribution is 7.90. The first-order valence-corrected chi connectivity index (χ1v) is 9.01. The van der Waals surface area contributed by atoms with Crippen LogP contribution in [0.2, 0.25) is 5.02 Å². The van der Waals surface area contributed by atoms with Crippen LogP contribution in [-0.2, 0) is 16.4 Å². The van der Waals surface area contributed by atoms with E-state index in [1.54, 1.807) is 6.20 Å². The van der Waals surface area contributed by atoms with Gasteiger partial charge in [-0.05, 0) is 24.6 Å². The number of nitrogens with zero attached hydrogens (tertiary/aromatic N) is 2. The summed E-state index contributed by atoms with van der Waals surface area (Å²) in [5, 5.41) is 3.91. The normalized spacial score (nSPS) is 11.6. The summed E-state index contributed by atoms with van der Waals surface area (Å²) in [6, 6.07) is 1.90. The summed E-state index contributed by atoms with van der Waals surface area (Å²) in [6.45, 7) is 4.13. The van der Waals surface area contributed by atoms with Crippen molar-refractivity contribution in [2.75, 3.05) is 37.0 Å². The van der Waals surface area contributed by atoms with E-state index in [1.165, 1.54) is 6.26 Å². The number of halogens is 1. The molecule has 0 aliphatic carbocycles. The van der Waals surface area contributed by atoms with Gasteiger partial charge in [-0.1, -0.05) is 18.5 Å². The molecule has 0 fully saturated rings. The monoisotopic (exact) mass is 319 g/mol. The molecule has 0 aromatic carbocycles. The summed E-state index contributed by atoms with van der Waals surface area (Å²) < 4.78 is 22.4. The first kappa shape index (κ1) is 17.2. The largest absolute Gasteiger partial charge is 0.359 e. The zero-order valence-corrected chi connectivity index (χ0v) is 13.8. The Morgan fingerprint density at radius 3 is 2.75 bits per heavy atom. The molecule has 1 aromatic heterocycles. The molecule has 1 aromatic rings. The Bertz CT molecular complexity index is 534. The number of aromatic nitrogens is 1. The van der Waals surface area contributed by atoms with E-state index in [2.05, 4.69) is 17.2 Å². The van der Waals surface area contributed by atoms with Gasteiger partial charge < -0.3 is 10.2 Å². The Labute approximate surface area is 126 Å². The third kappa shape index (κ3) is 6.07. The molecule has 0 aliphatic heterocycles. The van der Waals surface area contributed by atoms with Gasteiger partial charge in [-0.3, -0.25) is 0 Å². The number of nitrogens with one attached hydrogen (secondary N) is 1. The number of hydrogen-bond acceptors (Lipinski definition) is 5.